The molecule has 8 nitrogen and oxygen atoms in total. The lowest BCUT2D eigenvalue weighted by atomic mass is 10.1. The summed E-state index contributed by atoms with van der Waals surface area (Å²) >= 11 is 1.51. The average Bonchev–Trinajstić information content (AvgIpc) is 3.30. The van der Waals surface area contributed by atoms with E-state index in [0.29, 0.717) is 34.3 Å². The van der Waals surface area contributed by atoms with Gasteiger partial charge in [0.25, 0.3) is 0 Å². The van der Waals surface area contributed by atoms with Crippen LogP contribution >= 0.6 is 11.3 Å². The molecule has 4 heterocycles. The molecule has 0 saturated heterocycles. The lowest BCUT2D eigenvalue weighted by molar-refractivity contribution is -0.117. The molecule has 1 aliphatic rings. The van der Waals surface area contributed by atoms with Crippen molar-refractivity contribution in [2.45, 2.75) is 13.3 Å². The minimum atomic E-state index is -0.0206. The molecule has 0 bridgehead atoms. The highest BCUT2D eigenvalue weighted by Crippen LogP contribution is 2.38. The quantitative estimate of drug-likeness (QED) is 0.495. The number of rotatable bonds is 3. The number of fused-ring (bicyclic) bond motifs is 2. The summed E-state index contributed by atoms with van der Waals surface area (Å²) in [5.74, 6) is 7.74. The number of amides is 1. The van der Waals surface area contributed by atoms with Crippen molar-refractivity contribution in [3.05, 3.63) is 41.3 Å². The molecule has 1 saturated carbocycles. The smallest absolute Gasteiger partial charge is 0.228 e. The molecule has 1 aliphatic carbocycles. The number of carbonyl (C=O) groups excluding carboxylic acids is 1. The van der Waals surface area contributed by atoms with Crippen LogP contribution in [-0.4, -0.2) is 38.1 Å². The first-order valence-electron chi connectivity index (χ1n) is 9.49. The molecule has 0 unspecified atom stereocenters. The Labute approximate surface area is 176 Å². The van der Waals surface area contributed by atoms with Crippen molar-refractivity contribution in [2.75, 3.05) is 17.7 Å². The number of carbonyl (C=O) groups is 1. The fourth-order valence-electron chi connectivity index (χ4n) is 3.29. The number of anilines is 2. The van der Waals surface area contributed by atoms with Crippen molar-refractivity contribution in [2.24, 2.45) is 11.8 Å². The van der Waals surface area contributed by atoms with Crippen LogP contribution in [0.2, 0.25) is 0 Å². The average molecular weight is 415 g/mol. The molecular formula is C21H17N7OS. The van der Waals surface area contributed by atoms with Crippen molar-refractivity contribution in [3.63, 3.8) is 0 Å². The van der Waals surface area contributed by atoms with E-state index in [2.05, 4.69) is 54.5 Å². The normalized spacial score (nSPS) is 17.4. The standard InChI is InChI=1S/C21H17N7OS/c1-11-7-13(11)21(29)26-17-8-14-12(9-24-20(22-2)18(14)28-27-17)3-4-15-19-16(5-6-23-15)25-10-30-19/h5-6,8-11,13H,7H2,1-2H3,(H,22,24)(H,26,27,29)/t11-,13+/m1/s1. The Morgan fingerprint density at radius 3 is 2.90 bits per heavy atom. The molecule has 0 radical (unpaired) electrons. The number of nitrogens with zero attached hydrogens (tertiary/aromatic N) is 5. The van der Waals surface area contributed by atoms with Crippen LogP contribution in [0, 0.1) is 23.7 Å². The maximum atomic E-state index is 12.3. The Bertz CT molecular complexity index is 1350. The zero-order valence-electron chi connectivity index (χ0n) is 16.3. The molecule has 30 heavy (non-hydrogen) atoms. The molecule has 0 aliphatic heterocycles. The van der Waals surface area contributed by atoms with E-state index in [0.717, 1.165) is 22.0 Å². The maximum absolute atomic E-state index is 12.3. The molecule has 1 fully saturated rings. The molecular weight excluding hydrogens is 398 g/mol. The van der Waals surface area contributed by atoms with Crippen molar-refractivity contribution in [3.8, 4) is 11.8 Å². The summed E-state index contributed by atoms with van der Waals surface area (Å²) < 4.78 is 0.945. The van der Waals surface area contributed by atoms with Crippen molar-refractivity contribution in [1.29, 1.82) is 0 Å². The van der Waals surface area contributed by atoms with Crippen LogP contribution in [-0.2, 0) is 4.79 Å². The van der Waals surface area contributed by atoms with Gasteiger partial charge in [-0.05, 0) is 30.4 Å². The Morgan fingerprint density at radius 2 is 2.10 bits per heavy atom. The van der Waals surface area contributed by atoms with Gasteiger partial charge in [0, 0.05) is 30.7 Å². The van der Waals surface area contributed by atoms with Crippen LogP contribution < -0.4 is 10.6 Å². The lowest BCUT2D eigenvalue weighted by Crippen LogP contribution is -2.16. The lowest BCUT2D eigenvalue weighted by Gasteiger charge is -2.08. The van der Waals surface area contributed by atoms with Gasteiger partial charge in [-0.2, -0.15) is 0 Å². The number of hydrogen-bond acceptors (Lipinski definition) is 8. The van der Waals surface area contributed by atoms with E-state index in [9.17, 15) is 4.79 Å². The van der Waals surface area contributed by atoms with Gasteiger partial charge in [-0.3, -0.25) is 4.79 Å². The minimum Gasteiger partial charge on any atom is -0.371 e. The second-order valence-electron chi connectivity index (χ2n) is 7.18. The third-order valence-corrected chi connectivity index (χ3v) is 5.98. The van der Waals surface area contributed by atoms with Gasteiger partial charge in [0.1, 0.15) is 11.2 Å². The number of nitrogens with one attached hydrogen (secondary N) is 2. The zero-order chi connectivity index (χ0) is 20.7. The van der Waals surface area contributed by atoms with E-state index < -0.39 is 0 Å². The summed E-state index contributed by atoms with van der Waals surface area (Å²) in [6.07, 6.45) is 4.29. The van der Waals surface area contributed by atoms with E-state index >= 15 is 0 Å². The fourth-order valence-corrected chi connectivity index (χ4v) is 4.02. The highest BCUT2D eigenvalue weighted by atomic mass is 32.1. The predicted molar refractivity (Wildman–Crippen MR) is 116 cm³/mol. The summed E-state index contributed by atoms with van der Waals surface area (Å²) in [6.45, 7) is 2.06. The van der Waals surface area contributed by atoms with Crippen LogP contribution in [0.5, 0.6) is 0 Å². The SMILES string of the molecule is CNc1ncc(C#Cc2nccc3ncsc23)c2cc(NC(=O)[C@H]3C[C@H]3C)nnc12. The van der Waals surface area contributed by atoms with E-state index in [1.807, 2.05) is 6.07 Å². The predicted octanol–water partition coefficient (Wildman–Crippen LogP) is 3.07. The topological polar surface area (TPSA) is 106 Å². The molecule has 4 aromatic rings. The van der Waals surface area contributed by atoms with Crippen molar-refractivity contribution < 1.29 is 4.79 Å². The molecule has 9 heteroatoms. The van der Waals surface area contributed by atoms with Crippen LogP contribution in [0.25, 0.3) is 21.1 Å². The largest absolute Gasteiger partial charge is 0.371 e. The van der Waals surface area contributed by atoms with Crippen molar-refractivity contribution in [1.82, 2.24) is 25.1 Å². The molecule has 148 valence electrons. The van der Waals surface area contributed by atoms with E-state index in [-0.39, 0.29) is 11.8 Å². The maximum Gasteiger partial charge on any atom is 0.228 e. The number of hydrogen-bond donors (Lipinski definition) is 2. The second kappa shape index (κ2) is 7.31. The van der Waals surface area contributed by atoms with Gasteiger partial charge in [-0.25, -0.2) is 15.0 Å². The first-order chi connectivity index (χ1) is 14.6. The van der Waals surface area contributed by atoms with E-state index in [1.165, 1.54) is 11.3 Å². The zero-order valence-corrected chi connectivity index (χ0v) is 17.1. The molecule has 0 spiro atoms. The Balaban J connectivity index is 1.57. The first kappa shape index (κ1) is 18.4. The Morgan fingerprint density at radius 1 is 1.23 bits per heavy atom. The molecule has 5 rings (SSSR count). The van der Waals surface area contributed by atoms with Crippen molar-refractivity contribution >= 4 is 50.0 Å². The van der Waals surface area contributed by atoms with Gasteiger partial charge in [0.2, 0.25) is 5.91 Å². The number of pyridine rings is 2. The first-order valence-corrected chi connectivity index (χ1v) is 10.4. The molecule has 4 aromatic heterocycles. The third kappa shape index (κ3) is 3.31. The minimum absolute atomic E-state index is 0.0206. The van der Waals surface area contributed by atoms with Crippen LogP contribution in [0.3, 0.4) is 0 Å². The highest BCUT2D eigenvalue weighted by molar-refractivity contribution is 7.17. The van der Waals surface area contributed by atoms with Gasteiger partial charge in [-0.15, -0.1) is 21.5 Å². The monoisotopic (exact) mass is 415 g/mol. The van der Waals surface area contributed by atoms with E-state index in [1.54, 1.807) is 31.0 Å². The van der Waals surface area contributed by atoms with Gasteiger partial charge in [-0.1, -0.05) is 12.8 Å². The summed E-state index contributed by atoms with van der Waals surface area (Å²) in [7, 11) is 1.77. The van der Waals surface area contributed by atoms with Crippen LogP contribution in [0.15, 0.2) is 30.0 Å². The molecule has 1 amide bonds. The summed E-state index contributed by atoms with van der Waals surface area (Å²) in [4.78, 5) is 25.4. The van der Waals surface area contributed by atoms with Gasteiger partial charge in [0.05, 0.1) is 21.3 Å². The van der Waals surface area contributed by atoms with Gasteiger partial charge < -0.3 is 10.6 Å². The van der Waals surface area contributed by atoms with Crippen LogP contribution in [0.4, 0.5) is 11.6 Å². The third-order valence-electron chi connectivity index (χ3n) is 5.13. The van der Waals surface area contributed by atoms with Crippen LogP contribution in [0.1, 0.15) is 24.6 Å². The highest BCUT2D eigenvalue weighted by Gasteiger charge is 2.39. The Hall–Kier alpha value is -3.64. The summed E-state index contributed by atoms with van der Waals surface area (Å²) in [6, 6.07) is 3.65. The molecule has 0 aromatic carbocycles. The summed E-state index contributed by atoms with van der Waals surface area (Å²) in [5.41, 5.74) is 4.59. The number of thiazole rings is 1. The summed E-state index contributed by atoms with van der Waals surface area (Å²) in [5, 5.41) is 15.1. The van der Waals surface area contributed by atoms with E-state index in [4.69, 9.17) is 0 Å². The van der Waals surface area contributed by atoms with Gasteiger partial charge >= 0.3 is 0 Å². The number of aromatic nitrogens is 5. The molecule has 2 N–H and O–H groups in total. The van der Waals surface area contributed by atoms with Gasteiger partial charge in [0.15, 0.2) is 11.6 Å². The second-order valence-corrected chi connectivity index (χ2v) is 8.04. The fraction of sp³-hybridized carbons (Fsp3) is 0.238. The molecule has 2 atom stereocenters. The Kier molecular flexibility index (Phi) is 4.48.